The van der Waals surface area contributed by atoms with Gasteiger partial charge in [-0.15, -0.1) is 0 Å². The number of piperidine rings is 1. The summed E-state index contributed by atoms with van der Waals surface area (Å²) in [4.78, 5) is 27.9. The first kappa shape index (κ1) is 24.4. The van der Waals surface area contributed by atoms with Crippen LogP contribution in [0, 0.1) is 13.8 Å². The molecule has 0 saturated carbocycles. The maximum atomic E-state index is 13.3. The molecule has 1 N–H and O–H groups in total. The fourth-order valence-corrected chi connectivity index (χ4v) is 4.22. The minimum atomic E-state index is -4.47. The molecule has 4 rings (SSSR count). The molecule has 10 heteroatoms. The molecule has 184 valence electrons. The summed E-state index contributed by atoms with van der Waals surface area (Å²) >= 11 is 0. The number of anilines is 2. The third-order valence-electron chi connectivity index (χ3n) is 5.92. The van der Waals surface area contributed by atoms with Crippen LogP contribution in [0.3, 0.4) is 0 Å². The summed E-state index contributed by atoms with van der Waals surface area (Å²) in [5.74, 6) is 1.25. The van der Waals surface area contributed by atoms with Crippen LogP contribution in [0.15, 0.2) is 42.6 Å². The molecular weight excluding hydrogens is 459 g/mol. The number of ether oxygens (including phenoxy) is 1. The fraction of sp³-hybridized carbons (Fsp3) is 0.360. The highest BCUT2D eigenvalue weighted by molar-refractivity contribution is 5.97. The van der Waals surface area contributed by atoms with Crippen molar-refractivity contribution in [3.8, 4) is 5.75 Å². The number of nitrogens with zero attached hydrogens (tertiary/aromatic N) is 4. The SMILES string of the molecule is COc1cc(C)ccc1C(=O)N1CCCC(c2cc(Nc3cc(C(F)(F)F)ccn3)nc(C)n2)C1. The van der Waals surface area contributed by atoms with Crippen molar-refractivity contribution in [1.29, 1.82) is 0 Å². The molecule has 0 bridgehead atoms. The Balaban J connectivity index is 1.54. The Morgan fingerprint density at radius 2 is 1.91 bits per heavy atom. The number of rotatable bonds is 5. The number of halogens is 3. The van der Waals surface area contributed by atoms with E-state index in [0.717, 1.165) is 42.4 Å². The number of carbonyl (C=O) groups is 1. The predicted molar refractivity (Wildman–Crippen MR) is 125 cm³/mol. The molecule has 1 aromatic carbocycles. The Morgan fingerprint density at radius 1 is 1.11 bits per heavy atom. The second kappa shape index (κ2) is 9.89. The maximum absolute atomic E-state index is 13.3. The van der Waals surface area contributed by atoms with E-state index in [4.69, 9.17) is 4.74 Å². The molecule has 3 heterocycles. The van der Waals surface area contributed by atoms with Crippen molar-refractivity contribution < 1.29 is 22.7 Å². The van der Waals surface area contributed by atoms with Crippen LogP contribution in [-0.2, 0) is 6.18 Å². The van der Waals surface area contributed by atoms with Crippen molar-refractivity contribution in [1.82, 2.24) is 19.9 Å². The number of carbonyl (C=O) groups excluding carboxylic acids is 1. The lowest BCUT2D eigenvalue weighted by Crippen LogP contribution is -2.39. The number of amides is 1. The van der Waals surface area contributed by atoms with E-state index in [-0.39, 0.29) is 17.6 Å². The van der Waals surface area contributed by atoms with Crippen LogP contribution < -0.4 is 10.1 Å². The summed E-state index contributed by atoms with van der Waals surface area (Å²) in [6, 6.07) is 9.05. The summed E-state index contributed by atoms with van der Waals surface area (Å²) in [6.07, 6.45) is -1.74. The van der Waals surface area contributed by atoms with Crippen LogP contribution >= 0.6 is 0 Å². The standard InChI is InChI=1S/C25H26F3N5O2/c1-15-6-7-19(21(11-15)35-3)24(34)33-10-4-5-17(14-33)20-13-23(31-16(2)30-20)32-22-12-18(8-9-29-22)25(26,27)28/h6-9,11-13,17H,4-5,10,14H2,1-3H3,(H,29,30,31,32). The van der Waals surface area contributed by atoms with Gasteiger partial charge in [-0.2, -0.15) is 13.2 Å². The largest absolute Gasteiger partial charge is 0.496 e. The zero-order valence-electron chi connectivity index (χ0n) is 19.7. The fourth-order valence-electron chi connectivity index (χ4n) is 4.22. The average molecular weight is 486 g/mol. The van der Waals surface area contributed by atoms with E-state index in [9.17, 15) is 18.0 Å². The molecule has 3 aromatic rings. The molecule has 35 heavy (non-hydrogen) atoms. The van der Waals surface area contributed by atoms with Crippen molar-refractivity contribution in [2.45, 2.75) is 38.8 Å². The number of benzene rings is 1. The summed E-state index contributed by atoms with van der Waals surface area (Å²) in [5, 5.41) is 2.86. The van der Waals surface area contributed by atoms with Gasteiger partial charge in [0.2, 0.25) is 0 Å². The number of nitrogens with one attached hydrogen (secondary N) is 1. The molecule has 2 aromatic heterocycles. The van der Waals surface area contributed by atoms with Crippen LogP contribution in [0.4, 0.5) is 24.8 Å². The van der Waals surface area contributed by atoms with Gasteiger partial charge in [0.25, 0.3) is 5.91 Å². The van der Waals surface area contributed by atoms with Gasteiger partial charge in [0, 0.05) is 31.3 Å². The van der Waals surface area contributed by atoms with Crippen molar-refractivity contribution in [3.63, 3.8) is 0 Å². The van der Waals surface area contributed by atoms with Gasteiger partial charge in [0.05, 0.1) is 23.9 Å². The molecule has 1 aliphatic rings. The van der Waals surface area contributed by atoms with Crippen LogP contribution in [0.5, 0.6) is 5.75 Å². The molecule has 1 unspecified atom stereocenters. The monoisotopic (exact) mass is 485 g/mol. The Bertz CT molecular complexity index is 1230. The number of hydrogen-bond donors (Lipinski definition) is 1. The van der Waals surface area contributed by atoms with Crippen molar-refractivity contribution in [3.05, 3.63) is 70.8 Å². The van der Waals surface area contributed by atoms with Gasteiger partial charge >= 0.3 is 6.18 Å². The molecule has 0 spiro atoms. The lowest BCUT2D eigenvalue weighted by Gasteiger charge is -2.33. The van der Waals surface area contributed by atoms with Crippen LogP contribution in [0.1, 0.15) is 51.8 Å². The summed E-state index contributed by atoms with van der Waals surface area (Å²) in [6.45, 7) is 4.74. The molecule has 1 amide bonds. The first-order chi connectivity index (χ1) is 16.6. The van der Waals surface area contributed by atoms with Crippen LogP contribution in [0.2, 0.25) is 0 Å². The Kier molecular flexibility index (Phi) is 6.90. The molecular formula is C25H26F3N5O2. The van der Waals surface area contributed by atoms with E-state index in [1.807, 2.05) is 19.1 Å². The second-order valence-corrected chi connectivity index (χ2v) is 8.57. The third kappa shape index (κ3) is 5.70. The number of hydrogen-bond acceptors (Lipinski definition) is 6. The van der Waals surface area contributed by atoms with E-state index in [0.29, 0.717) is 36.0 Å². The topological polar surface area (TPSA) is 80.2 Å². The number of pyridine rings is 1. The van der Waals surface area contributed by atoms with Gasteiger partial charge in [-0.1, -0.05) is 6.07 Å². The summed E-state index contributed by atoms with van der Waals surface area (Å²) in [5.41, 5.74) is 1.44. The zero-order valence-corrected chi connectivity index (χ0v) is 19.7. The van der Waals surface area contributed by atoms with Crippen molar-refractivity contribution in [2.75, 3.05) is 25.5 Å². The molecule has 1 fully saturated rings. The lowest BCUT2D eigenvalue weighted by molar-refractivity contribution is -0.137. The third-order valence-corrected chi connectivity index (χ3v) is 5.92. The predicted octanol–water partition coefficient (Wildman–Crippen LogP) is 5.28. The van der Waals surface area contributed by atoms with Crippen LogP contribution in [0.25, 0.3) is 0 Å². The highest BCUT2D eigenvalue weighted by Gasteiger charge is 2.31. The smallest absolute Gasteiger partial charge is 0.416 e. The molecule has 7 nitrogen and oxygen atoms in total. The number of methoxy groups -OCH3 is 1. The van der Waals surface area contributed by atoms with E-state index in [1.165, 1.54) is 0 Å². The zero-order chi connectivity index (χ0) is 25.2. The summed E-state index contributed by atoms with van der Waals surface area (Å²) in [7, 11) is 1.54. The van der Waals surface area contributed by atoms with Crippen molar-refractivity contribution >= 4 is 17.5 Å². The van der Waals surface area contributed by atoms with E-state index in [2.05, 4.69) is 20.3 Å². The molecule has 1 aliphatic heterocycles. The number of likely N-dealkylation sites (tertiary alicyclic amines) is 1. The number of alkyl halides is 3. The van der Waals surface area contributed by atoms with E-state index < -0.39 is 11.7 Å². The van der Waals surface area contributed by atoms with Gasteiger partial charge in [-0.3, -0.25) is 4.79 Å². The van der Waals surface area contributed by atoms with E-state index >= 15 is 0 Å². The minimum Gasteiger partial charge on any atom is -0.496 e. The number of aryl methyl sites for hydroxylation is 2. The average Bonchev–Trinajstić information content (AvgIpc) is 2.83. The van der Waals surface area contributed by atoms with Gasteiger partial charge in [-0.25, -0.2) is 15.0 Å². The quantitative estimate of drug-likeness (QED) is 0.530. The first-order valence-electron chi connectivity index (χ1n) is 11.2. The summed E-state index contributed by atoms with van der Waals surface area (Å²) < 4.78 is 44.6. The highest BCUT2D eigenvalue weighted by Crippen LogP contribution is 2.32. The van der Waals surface area contributed by atoms with Gasteiger partial charge < -0.3 is 15.0 Å². The minimum absolute atomic E-state index is 0.0378. The number of aromatic nitrogens is 3. The second-order valence-electron chi connectivity index (χ2n) is 8.57. The van der Waals surface area contributed by atoms with Gasteiger partial charge in [0.15, 0.2) is 0 Å². The van der Waals surface area contributed by atoms with E-state index in [1.54, 1.807) is 31.1 Å². The Labute approximate surface area is 201 Å². The lowest BCUT2D eigenvalue weighted by atomic mass is 9.93. The molecule has 1 atom stereocenters. The Hall–Kier alpha value is -3.69. The molecule has 0 radical (unpaired) electrons. The highest BCUT2D eigenvalue weighted by atomic mass is 19.4. The van der Waals surface area contributed by atoms with Crippen LogP contribution in [-0.4, -0.2) is 46.0 Å². The van der Waals surface area contributed by atoms with Crippen molar-refractivity contribution in [2.24, 2.45) is 0 Å². The Morgan fingerprint density at radius 3 is 2.66 bits per heavy atom. The molecule has 1 saturated heterocycles. The van der Waals surface area contributed by atoms with Gasteiger partial charge in [-0.05, 0) is 56.5 Å². The maximum Gasteiger partial charge on any atom is 0.416 e. The van der Waals surface area contributed by atoms with Gasteiger partial charge in [0.1, 0.15) is 23.2 Å². The molecule has 0 aliphatic carbocycles. The first-order valence-corrected chi connectivity index (χ1v) is 11.2. The normalized spacial score (nSPS) is 16.2.